The Hall–Kier alpha value is -0.840. The van der Waals surface area contributed by atoms with Gasteiger partial charge in [-0.3, -0.25) is 0 Å². The Morgan fingerprint density at radius 1 is 1.14 bits per heavy atom. The summed E-state index contributed by atoms with van der Waals surface area (Å²) >= 11 is 6.16. The van der Waals surface area contributed by atoms with Crippen LogP contribution < -0.4 is 10.1 Å². The predicted octanol–water partition coefficient (Wildman–Crippen LogP) is 3.82. The van der Waals surface area contributed by atoms with E-state index in [1.165, 1.54) is 0 Å². The van der Waals surface area contributed by atoms with Crippen molar-refractivity contribution in [3.63, 3.8) is 0 Å². The first-order valence-electron chi connectivity index (χ1n) is 7.23. The minimum absolute atomic E-state index is 0.0359. The smallest absolute Gasteiger partial charge is 0.213 e. The third-order valence-corrected chi connectivity index (χ3v) is 2.93. The largest absolute Gasteiger partial charge is 0.475 e. The van der Waals surface area contributed by atoms with Gasteiger partial charge in [0.1, 0.15) is 6.61 Å². The van der Waals surface area contributed by atoms with Crippen molar-refractivity contribution in [2.24, 2.45) is 0 Å². The number of ether oxygens (including phenoxy) is 2. The molecule has 0 amide bonds. The van der Waals surface area contributed by atoms with Crippen molar-refractivity contribution in [1.82, 2.24) is 10.3 Å². The highest BCUT2D eigenvalue weighted by Crippen LogP contribution is 2.20. The van der Waals surface area contributed by atoms with E-state index in [0.717, 1.165) is 5.56 Å². The summed E-state index contributed by atoms with van der Waals surface area (Å²) in [6, 6.07) is 1.87. The molecule has 1 heterocycles. The third-order valence-electron chi connectivity index (χ3n) is 2.59. The lowest BCUT2D eigenvalue weighted by Crippen LogP contribution is -2.35. The molecular weight excluding hydrogens is 288 g/mol. The van der Waals surface area contributed by atoms with Gasteiger partial charge in [-0.2, -0.15) is 0 Å². The summed E-state index contributed by atoms with van der Waals surface area (Å²) in [5.74, 6) is 0.572. The number of halogens is 1. The van der Waals surface area contributed by atoms with Crippen molar-refractivity contribution in [3.8, 4) is 5.88 Å². The van der Waals surface area contributed by atoms with Crippen LogP contribution in [0, 0.1) is 0 Å². The quantitative estimate of drug-likeness (QED) is 0.811. The Labute approximate surface area is 133 Å². The first-order valence-corrected chi connectivity index (χ1v) is 7.61. The fourth-order valence-corrected chi connectivity index (χ4v) is 1.70. The van der Waals surface area contributed by atoms with E-state index in [0.29, 0.717) is 30.7 Å². The second kappa shape index (κ2) is 7.43. The van der Waals surface area contributed by atoms with Gasteiger partial charge >= 0.3 is 0 Å². The molecule has 120 valence electrons. The van der Waals surface area contributed by atoms with Crippen molar-refractivity contribution >= 4 is 11.6 Å². The molecular formula is C16H27ClN2O2. The van der Waals surface area contributed by atoms with E-state index in [2.05, 4.69) is 31.1 Å². The molecule has 5 heteroatoms. The molecule has 0 bridgehead atoms. The molecule has 1 N–H and O–H groups in total. The number of nitrogens with zero attached hydrogens (tertiary/aromatic N) is 1. The van der Waals surface area contributed by atoms with E-state index in [9.17, 15) is 0 Å². The van der Waals surface area contributed by atoms with E-state index in [-0.39, 0.29) is 11.1 Å². The molecule has 0 radical (unpaired) electrons. The number of rotatable bonds is 6. The van der Waals surface area contributed by atoms with Gasteiger partial charge in [-0.25, -0.2) is 4.98 Å². The third kappa shape index (κ3) is 8.24. The number of hydrogen-bond donors (Lipinski definition) is 1. The van der Waals surface area contributed by atoms with Crippen LogP contribution in [0.2, 0.25) is 5.02 Å². The Morgan fingerprint density at radius 2 is 1.81 bits per heavy atom. The highest BCUT2D eigenvalue weighted by Gasteiger charge is 2.12. The summed E-state index contributed by atoms with van der Waals surface area (Å²) in [6.45, 7) is 14.1. The fourth-order valence-electron chi connectivity index (χ4n) is 1.53. The first-order chi connectivity index (χ1) is 9.57. The summed E-state index contributed by atoms with van der Waals surface area (Å²) in [5, 5.41) is 4.04. The normalized spacial score (nSPS) is 12.5. The molecule has 0 aliphatic heterocycles. The van der Waals surface area contributed by atoms with E-state index in [1.807, 2.05) is 26.8 Å². The molecule has 0 aliphatic rings. The molecule has 0 saturated carbocycles. The summed E-state index contributed by atoms with van der Waals surface area (Å²) < 4.78 is 11.2. The SMILES string of the molecule is CC(C)(C)NCc1cc(OCCOC(C)(C)C)ncc1Cl. The lowest BCUT2D eigenvalue weighted by atomic mass is 10.1. The molecule has 0 spiro atoms. The number of hydrogen-bond acceptors (Lipinski definition) is 4. The summed E-state index contributed by atoms with van der Waals surface area (Å²) in [6.07, 6.45) is 1.63. The van der Waals surface area contributed by atoms with E-state index in [1.54, 1.807) is 6.20 Å². The van der Waals surface area contributed by atoms with E-state index >= 15 is 0 Å². The Kier molecular flexibility index (Phi) is 6.44. The molecule has 1 aromatic heterocycles. The minimum Gasteiger partial charge on any atom is -0.475 e. The van der Waals surface area contributed by atoms with Crippen LogP contribution in [0.1, 0.15) is 47.1 Å². The highest BCUT2D eigenvalue weighted by molar-refractivity contribution is 6.31. The second-order valence-electron chi connectivity index (χ2n) is 7.03. The number of pyridine rings is 1. The molecule has 0 aromatic carbocycles. The van der Waals surface area contributed by atoms with Gasteiger partial charge in [0.2, 0.25) is 5.88 Å². The summed E-state index contributed by atoms with van der Waals surface area (Å²) in [5.41, 5.74) is 0.862. The minimum atomic E-state index is -0.154. The maximum absolute atomic E-state index is 6.16. The zero-order chi connectivity index (χ0) is 16.1. The van der Waals surface area contributed by atoms with Crippen LogP contribution in [-0.4, -0.2) is 29.3 Å². The predicted molar refractivity (Wildman–Crippen MR) is 87.0 cm³/mol. The van der Waals surface area contributed by atoms with Crippen LogP contribution >= 0.6 is 11.6 Å². The molecule has 0 unspecified atom stereocenters. The fraction of sp³-hybridized carbons (Fsp3) is 0.688. The lowest BCUT2D eigenvalue weighted by molar-refractivity contribution is -0.0168. The molecule has 0 fully saturated rings. The standard InChI is InChI=1S/C16H27ClN2O2/c1-15(2,3)19-10-12-9-14(18-11-13(12)17)20-7-8-21-16(4,5)6/h9,11,19H,7-8,10H2,1-6H3. The average Bonchev–Trinajstić information content (AvgIpc) is 2.32. The molecule has 4 nitrogen and oxygen atoms in total. The Balaban J connectivity index is 2.53. The average molecular weight is 315 g/mol. The van der Waals surface area contributed by atoms with Crippen LogP contribution in [0.4, 0.5) is 0 Å². The van der Waals surface area contributed by atoms with Crippen molar-refractivity contribution in [2.45, 2.75) is 59.2 Å². The monoisotopic (exact) mass is 314 g/mol. The van der Waals surface area contributed by atoms with Gasteiger partial charge in [0.15, 0.2) is 0 Å². The Morgan fingerprint density at radius 3 is 2.38 bits per heavy atom. The molecule has 0 atom stereocenters. The van der Waals surface area contributed by atoms with Gasteiger partial charge in [-0.1, -0.05) is 11.6 Å². The van der Waals surface area contributed by atoms with Crippen LogP contribution in [-0.2, 0) is 11.3 Å². The van der Waals surface area contributed by atoms with Crippen molar-refractivity contribution < 1.29 is 9.47 Å². The molecule has 0 aliphatic carbocycles. The van der Waals surface area contributed by atoms with Gasteiger partial charge in [0.05, 0.1) is 17.2 Å². The van der Waals surface area contributed by atoms with E-state index < -0.39 is 0 Å². The van der Waals surface area contributed by atoms with Crippen LogP contribution in [0.5, 0.6) is 5.88 Å². The molecule has 21 heavy (non-hydrogen) atoms. The zero-order valence-corrected chi connectivity index (χ0v) is 14.7. The van der Waals surface area contributed by atoms with Gasteiger partial charge in [0, 0.05) is 24.3 Å². The van der Waals surface area contributed by atoms with E-state index in [4.69, 9.17) is 21.1 Å². The van der Waals surface area contributed by atoms with Gasteiger partial charge in [0.25, 0.3) is 0 Å². The van der Waals surface area contributed by atoms with Crippen molar-refractivity contribution in [1.29, 1.82) is 0 Å². The molecule has 1 rings (SSSR count). The number of nitrogens with one attached hydrogen (secondary N) is 1. The van der Waals surface area contributed by atoms with Crippen molar-refractivity contribution in [2.75, 3.05) is 13.2 Å². The van der Waals surface area contributed by atoms with Crippen LogP contribution in [0.25, 0.3) is 0 Å². The van der Waals surface area contributed by atoms with Gasteiger partial charge in [-0.05, 0) is 47.1 Å². The summed E-state index contributed by atoms with van der Waals surface area (Å²) in [4.78, 5) is 4.18. The lowest BCUT2D eigenvalue weighted by Gasteiger charge is -2.21. The van der Waals surface area contributed by atoms with Crippen LogP contribution in [0.3, 0.4) is 0 Å². The van der Waals surface area contributed by atoms with Gasteiger partial charge in [-0.15, -0.1) is 0 Å². The summed E-state index contributed by atoms with van der Waals surface area (Å²) in [7, 11) is 0. The molecule has 1 aromatic rings. The second-order valence-corrected chi connectivity index (χ2v) is 7.43. The molecule has 0 saturated heterocycles. The topological polar surface area (TPSA) is 43.4 Å². The maximum Gasteiger partial charge on any atom is 0.213 e. The Bertz CT molecular complexity index is 451. The first kappa shape index (κ1) is 18.2. The number of aromatic nitrogens is 1. The van der Waals surface area contributed by atoms with Crippen LogP contribution in [0.15, 0.2) is 12.3 Å². The van der Waals surface area contributed by atoms with Crippen molar-refractivity contribution in [3.05, 3.63) is 22.8 Å². The zero-order valence-electron chi connectivity index (χ0n) is 13.9. The van der Waals surface area contributed by atoms with Gasteiger partial charge < -0.3 is 14.8 Å². The maximum atomic E-state index is 6.16. The highest BCUT2D eigenvalue weighted by atomic mass is 35.5.